The van der Waals surface area contributed by atoms with Crippen LogP contribution in [0.5, 0.6) is 0 Å². The van der Waals surface area contributed by atoms with Crippen LogP contribution in [0.25, 0.3) is 0 Å². The molecule has 2 heterocycles. The highest BCUT2D eigenvalue weighted by Gasteiger charge is 2.15. The van der Waals surface area contributed by atoms with Crippen molar-refractivity contribution in [2.75, 3.05) is 6.54 Å². The summed E-state index contributed by atoms with van der Waals surface area (Å²) in [7, 11) is 0. The largest absolute Gasteiger partial charge is 0.354 e. The van der Waals surface area contributed by atoms with Crippen LogP contribution in [-0.2, 0) is 11.3 Å². The molecule has 0 spiro atoms. The smallest absolute Gasteiger partial charge is 0.244 e. The molecule has 7 heteroatoms. The number of amides is 1. The Bertz CT molecular complexity index is 661. The molecule has 0 aliphatic heterocycles. The summed E-state index contributed by atoms with van der Waals surface area (Å²) in [6.07, 6.45) is 4.41. The minimum absolute atomic E-state index is 0.0329. The predicted molar refractivity (Wildman–Crippen MR) is 86.0 cm³/mol. The van der Waals surface area contributed by atoms with Gasteiger partial charge in [-0.05, 0) is 39.7 Å². The second-order valence-corrected chi connectivity index (χ2v) is 5.90. The Hall–Kier alpha value is -1.82. The molecule has 22 heavy (non-hydrogen) atoms. The van der Waals surface area contributed by atoms with Crippen LogP contribution in [0.2, 0.25) is 5.02 Å². The summed E-state index contributed by atoms with van der Waals surface area (Å²) in [6.45, 7) is 8.95. The SMILES string of the molecule is Cc1cnn(C(C)C(=O)NCCCn2nc(C)c(Cl)c2C)c1. The lowest BCUT2D eigenvalue weighted by Gasteiger charge is -2.12. The summed E-state index contributed by atoms with van der Waals surface area (Å²) in [6, 6.07) is -0.308. The molecule has 0 bridgehead atoms. The van der Waals surface area contributed by atoms with Crippen molar-refractivity contribution in [3.8, 4) is 0 Å². The molecule has 6 nitrogen and oxygen atoms in total. The van der Waals surface area contributed by atoms with Crippen molar-refractivity contribution < 1.29 is 4.79 Å². The number of hydrogen-bond donors (Lipinski definition) is 1. The molecule has 0 saturated carbocycles. The maximum atomic E-state index is 12.1. The third-order valence-corrected chi connectivity index (χ3v) is 4.19. The van der Waals surface area contributed by atoms with Crippen LogP contribution in [0.3, 0.4) is 0 Å². The van der Waals surface area contributed by atoms with Gasteiger partial charge in [0, 0.05) is 19.3 Å². The lowest BCUT2D eigenvalue weighted by molar-refractivity contribution is -0.124. The Morgan fingerprint density at radius 3 is 2.68 bits per heavy atom. The Kier molecular flexibility index (Phi) is 5.24. The highest BCUT2D eigenvalue weighted by atomic mass is 35.5. The number of aryl methyl sites for hydroxylation is 3. The molecule has 2 aromatic rings. The zero-order valence-corrected chi connectivity index (χ0v) is 14.2. The van der Waals surface area contributed by atoms with Crippen LogP contribution in [0, 0.1) is 20.8 Å². The second-order valence-electron chi connectivity index (χ2n) is 5.53. The average molecular weight is 324 g/mol. The first-order valence-electron chi connectivity index (χ1n) is 7.38. The maximum Gasteiger partial charge on any atom is 0.244 e. The number of aromatic nitrogens is 4. The number of halogens is 1. The third kappa shape index (κ3) is 3.68. The second kappa shape index (κ2) is 6.96. The van der Waals surface area contributed by atoms with E-state index in [1.165, 1.54) is 0 Å². The monoisotopic (exact) mass is 323 g/mol. The van der Waals surface area contributed by atoms with E-state index in [4.69, 9.17) is 11.6 Å². The number of nitrogens with one attached hydrogen (secondary N) is 1. The summed E-state index contributed by atoms with van der Waals surface area (Å²) >= 11 is 6.11. The molecule has 0 saturated heterocycles. The van der Waals surface area contributed by atoms with Gasteiger partial charge >= 0.3 is 0 Å². The Morgan fingerprint density at radius 1 is 1.41 bits per heavy atom. The van der Waals surface area contributed by atoms with Crippen molar-refractivity contribution in [3.63, 3.8) is 0 Å². The molecule has 2 aromatic heterocycles. The summed E-state index contributed by atoms with van der Waals surface area (Å²) in [4.78, 5) is 12.1. The van der Waals surface area contributed by atoms with E-state index in [1.807, 2.05) is 38.6 Å². The molecule has 0 aromatic carbocycles. The molecule has 2 rings (SSSR count). The highest BCUT2D eigenvalue weighted by molar-refractivity contribution is 6.31. The maximum absolute atomic E-state index is 12.1. The van der Waals surface area contributed by atoms with Gasteiger partial charge in [0.25, 0.3) is 0 Å². The van der Waals surface area contributed by atoms with Crippen LogP contribution >= 0.6 is 11.6 Å². The van der Waals surface area contributed by atoms with Gasteiger partial charge in [0.1, 0.15) is 6.04 Å². The summed E-state index contributed by atoms with van der Waals surface area (Å²) < 4.78 is 3.55. The van der Waals surface area contributed by atoms with E-state index in [0.29, 0.717) is 11.6 Å². The van der Waals surface area contributed by atoms with E-state index < -0.39 is 0 Å². The van der Waals surface area contributed by atoms with Gasteiger partial charge < -0.3 is 5.32 Å². The van der Waals surface area contributed by atoms with E-state index in [9.17, 15) is 4.79 Å². The molecule has 120 valence electrons. The zero-order valence-electron chi connectivity index (χ0n) is 13.4. The van der Waals surface area contributed by atoms with Gasteiger partial charge in [-0.2, -0.15) is 10.2 Å². The van der Waals surface area contributed by atoms with E-state index in [-0.39, 0.29) is 11.9 Å². The molecule has 0 aliphatic carbocycles. The van der Waals surface area contributed by atoms with E-state index in [2.05, 4.69) is 15.5 Å². The number of hydrogen-bond acceptors (Lipinski definition) is 3. The van der Waals surface area contributed by atoms with Gasteiger partial charge in [0.15, 0.2) is 0 Å². The molecular formula is C15H22ClN5O. The molecule has 0 radical (unpaired) electrons. The topological polar surface area (TPSA) is 64.7 Å². The molecule has 0 aliphatic rings. The fourth-order valence-electron chi connectivity index (χ4n) is 2.25. The predicted octanol–water partition coefficient (Wildman–Crippen LogP) is 2.43. The standard InChI is InChI=1S/C15H22ClN5O/c1-10-8-18-21(9-10)13(4)15(22)17-6-5-7-20-12(3)14(16)11(2)19-20/h8-9,13H,5-7H2,1-4H3,(H,17,22). The Balaban J connectivity index is 1.78. The Labute approximate surface area is 135 Å². The van der Waals surface area contributed by atoms with Gasteiger partial charge in [0.2, 0.25) is 5.91 Å². The first kappa shape index (κ1) is 16.5. The first-order valence-corrected chi connectivity index (χ1v) is 7.76. The average Bonchev–Trinajstić information content (AvgIpc) is 3.02. The van der Waals surface area contributed by atoms with Crippen LogP contribution in [0.1, 0.15) is 36.3 Å². The number of carbonyl (C=O) groups excluding carboxylic acids is 1. The number of carbonyl (C=O) groups is 1. The van der Waals surface area contributed by atoms with Gasteiger partial charge in [0.05, 0.1) is 22.6 Å². The van der Waals surface area contributed by atoms with E-state index in [0.717, 1.165) is 29.9 Å². The van der Waals surface area contributed by atoms with Crippen molar-refractivity contribution in [2.45, 2.75) is 46.7 Å². The van der Waals surface area contributed by atoms with Crippen molar-refractivity contribution in [1.82, 2.24) is 24.9 Å². The minimum Gasteiger partial charge on any atom is -0.354 e. The fraction of sp³-hybridized carbons (Fsp3) is 0.533. The molecule has 1 unspecified atom stereocenters. The molecular weight excluding hydrogens is 302 g/mol. The molecule has 1 atom stereocenters. The molecule has 1 N–H and O–H groups in total. The molecule has 1 amide bonds. The summed E-state index contributed by atoms with van der Waals surface area (Å²) in [5, 5.41) is 12.2. The van der Waals surface area contributed by atoms with Crippen LogP contribution in [0.15, 0.2) is 12.4 Å². The Morgan fingerprint density at radius 2 is 2.14 bits per heavy atom. The third-order valence-electron chi connectivity index (χ3n) is 3.65. The lowest BCUT2D eigenvalue weighted by atomic mass is 10.3. The van der Waals surface area contributed by atoms with Crippen molar-refractivity contribution in [2.24, 2.45) is 0 Å². The summed E-state index contributed by atoms with van der Waals surface area (Å²) in [5.74, 6) is -0.0329. The van der Waals surface area contributed by atoms with Crippen LogP contribution in [-0.4, -0.2) is 32.0 Å². The van der Waals surface area contributed by atoms with Crippen molar-refractivity contribution >= 4 is 17.5 Å². The van der Waals surface area contributed by atoms with E-state index in [1.54, 1.807) is 10.9 Å². The highest BCUT2D eigenvalue weighted by Crippen LogP contribution is 2.18. The van der Waals surface area contributed by atoms with Crippen LogP contribution in [0.4, 0.5) is 0 Å². The van der Waals surface area contributed by atoms with Gasteiger partial charge in [-0.1, -0.05) is 11.6 Å². The van der Waals surface area contributed by atoms with Crippen molar-refractivity contribution in [1.29, 1.82) is 0 Å². The van der Waals surface area contributed by atoms with Crippen molar-refractivity contribution in [3.05, 3.63) is 34.4 Å². The number of nitrogens with zero attached hydrogens (tertiary/aromatic N) is 4. The quantitative estimate of drug-likeness (QED) is 0.830. The zero-order chi connectivity index (χ0) is 16.3. The van der Waals surface area contributed by atoms with E-state index >= 15 is 0 Å². The lowest BCUT2D eigenvalue weighted by Crippen LogP contribution is -2.32. The van der Waals surface area contributed by atoms with Gasteiger partial charge in [-0.3, -0.25) is 14.2 Å². The summed E-state index contributed by atoms with van der Waals surface area (Å²) in [5.41, 5.74) is 2.85. The van der Waals surface area contributed by atoms with Gasteiger partial charge in [-0.25, -0.2) is 0 Å². The number of rotatable bonds is 6. The van der Waals surface area contributed by atoms with Gasteiger partial charge in [-0.15, -0.1) is 0 Å². The normalized spacial score (nSPS) is 12.4. The fourth-order valence-corrected chi connectivity index (χ4v) is 2.38. The van der Waals surface area contributed by atoms with Crippen LogP contribution < -0.4 is 5.32 Å². The first-order chi connectivity index (χ1) is 10.4. The minimum atomic E-state index is -0.308. The molecule has 0 fully saturated rings.